The van der Waals surface area contributed by atoms with Gasteiger partial charge in [0, 0.05) is 11.1 Å². The molecule has 0 N–H and O–H groups in total. The first-order valence-corrected chi connectivity index (χ1v) is 5.25. The number of benzene rings is 2. The maximum Gasteiger partial charge on any atom is 0.334 e. The lowest BCUT2D eigenvalue weighted by atomic mass is 9.99. The summed E-state index contributed by atoms with van der Waals surface area (Å²) in [5, 5.41) is 0. The summed E-state index contributed by atoms with van der Waals surface area (Å²) in [5.74, 6) is -5.78. The molecular formula is C14H9F3O. The molecule has 0 aliphatic carbocycles. The van der Waals surface area contributed by atoms with Crippen molar-refractivity contribution in [2.75, 3.05) is 0 Å². The molecule has 2 rings (SSSR count). The zero-order valence-corrected chi connectivity index (χ0v) is 9.24. The van der Waals surface area contributed by atoms with Gasteiger partial charge in [-0.1, -0.05) is 42.5 Å². The number of hydrogen-bond acceptors (Lipinski definition) is 1. The van der Waals surface area contributed by atoms with Crippen molar-refractivity contribution in [3.05, 3.63) is 71.5 Å². The molecule has 92 valence electrons. The third-order valence-corrected chi connectivity index (χ3v) is 2.51. The predicted octanol–water partition coefficient (Wildman–Crippen LogP) is 3.80. The molecule has 0 atom stereocenters. The first kappa shape index (κ1) is 12.4. The van der Waals surface area contributed by atoms with Crippen LogP contribution in [0.1, 0.15) is 15.9 Å². The van der Waals surface area contributed by atoms with E-state index >= 15 is 0 Å². The van der Waals surface area contributed by atoms with Gasteiger partial charge in [0.2, 0.25) is 5.78 Å². The highest BCUT2D eigenvalue weighted by atomic mass is 19.3. The van der Waals surface area contributed by atoms with Gasteiger partial charge >= 0.3 is 5.92 Å². The van der Waals surface area contributed by atoms with Crippen LogP contribution < -0.4 is 0 Å². The number of halogens is 3. The van der Waals surface area contributed by atoms with E-state index in [1.54, 1.807) is 6.07 Å². The van der Waals surface area contributed by atoms with Crippen LogP contribution in [0.3, 0.4) is 0 Å². The lowest BCUT2D eigenvalue weighted by Gasteiger charge is -2.15. The van der Waals surface area contributed by atoms with E-state index in [9.17, 15) is 18.0 Å². The standard InChI is InChI=1S/C14H9F3O/c15-12-8-4-5-10(9-12)13(18)14(16,17)11-6-2-1-3-7-11/h1-9H. The van der Waals surface area contributed by atoms with Gasteiger partial charge in [0.05, 0.1) is 0 Å². The number of carbonyl (C=O) groups excluding carboxylic acids is 1. The number of rotatable bonds is 3. The Kier molecular flexibility index (Phi) is 3.19. The van der Waals surface area contributed by atoms with Crippen molar-refractivity contribution in [1.82, 2.24) is 0 Å². The molecular weight excluding hydrogens is 241 g/mol. The maximum absolute atomic E-state index is 13.9. The van der Waals surface area contributed by atoms with Crippen LogP contribution in [-0.4, -0.2) is 5.78 Å². The Bertz CT molecular complexity index is 564. The van der Waals surface area contributed by atoms with E-state index < -0.39 is 23.1 Å². The van der Waals surface area contributed by atoms with Gasteiger partial charge in [-0.15, -0.1) is 0 Å². The van der Waals surface area contributed by atoms with Gasteiger partial charge in [-0.25, -0.2) is 4.39 Å². The first-order valence-electron chi connectivity index (χ1n) is 5.25. The molecule has 0 fully saturated rings. The summed E-state index contributed by atoms with van der Waals surface area (Å²) in [6.45, 7) is 0. The fraction of sp³-hybridized carbons (Fsp3) is 0.0714. The number of hydrogen-bond donors (Lipinski definition) is 0. The Morgan fingerprint density at radius 1 is 0.944 bits per heavy atom. The third-order valence-electron chi connectivity index (χ3n) is 2.51. The smallest absolute Gasteiger partial charge is 0.287 e. The largest absolute Gasteiger partial charge is 0.334 e. The Hall–Kier alpha value is -2.10. The number of ketones is 1. The van der Waals surface area contributed by atoms with Crippen LogP contribution in [0.4, 0.5) is 13.2 Å². The van der Waals surface area contributed by atoms with E-state index in [1.807, 2.05) is 0 Å². The van der Waals surface area contributed by atoms with Gasteiger partial charge in [0.15, 0.2) is 0 Å². The summed E-state index contributed by atoms with van der Waals surface area (Å²) in [7, 11) is 0. The van der Waals surface area contributed by atoms with Crippen LogP contribution >= 0.6 is 0 Å². The van der Waals surface area contributed by atoms with Crippen molar-refractivity contribution in [1.29, 1.82) is 0 Å². The number of alkyl halides is 2. The molecule has 4 heteroatoms. The van der Waals surface area contributed by atoms with Crippen molar-refractivity contribution in [2.45, 2.75) is 5.92 Å². The fourth-order valence-corrected chi connectivity index (χ4v) is 1.59. The zero-order valence-electron chi connectivity index (χ0n) is 9.24. The summed E-state index contributed by atoms with van der Waals surface area (Å²) in [6.07, 6.45) is 0. The van der Waals surface area contributed by atoms with Gasteiger partial charge in [0.1, 0.15) is 5.82 Å². The average molecular weight is 250 g/mol. The molecule has 0 bridgehead atoms. The van der Waals surface area contributed by atoms with Crippen LogP contribution in [-0.2, 0) is 5.92 Å². The summed E-state index contributed by atoms with van der Waals surface area (Å²) in [6, 6.07) is 11.0. The van der Waals surface area contributed by atoms with E-state index in [4.69, 9.17) is 0 Å². The van der Waals surface area contributed by atoms with Crippen molar-refractivity contribution in [3.8, 4) is 0 Å². The minimum absolute atomic E-state index is 0.344. The minimum atomic E-state index is -3.66. The molecule has 0 radical (unpaired) electrons. The second kappa shape index (κ2) is 4.64. The van der Waals surface area contributed by atoms with Gasteiger partial charge < -0.3 is 0 Å². The molecule has 2 aromatic carbocycles. The predicted molar refractivity (Wildman–Crippen MR) is 61.1 cm³/mol. The van der Waals surface area contributed by atoms with Crippen molar-refractivity contribution < 1.29 is 18.0 Å². The van der Waals surface area contributed by atoms with Crippen LogP contribution in [0.5, 0.6) is 0 Å². The SMILES string of the molecule is O=C(c1cccc(F)c1)C(F)(F)c1ccccc1. The van der Waals surface area contributed by atoms with Gasteiger partial charge in [0.25, 0.3) is 0 Å². The Labute approximate surface area is 102 Å². The molecule has 0 heterocycles. The monoisotopic (exact) mass is 250 g/mol. The Morgan fingerprint density at radius 3 is 2.22 bits per heavy atom. The van der Waals surface area contributed by atoms with E-state index in [1.165, 1.54) is 24.3 Å². The van der Waals surface area contributed by atoms with E-state index in [0.29, 0.717) is 0 Å². The summed E-state index contributed by atoms with van der Waals surface area (Å²) < 4.78 is 40.7. The topological polar surface area (TPSA) is 17.1 Å². The van der Waals surface area contributed by atoms with Gasteiger partial charge in [-0.3, -0.25) is 4.79 Å². The quantitative estimate of drug-likeness (QED) is 0.757. The molecule has 0 saturated heterocycles. The van der Waals surface area contributed by atoms with Crippen LogP contribution in [0, 0.1) is 5.82 Å². The molecule has 0 amide bonds. The average Bonchev–Trinajstić information content (AvgIpc) is 2.39. The van der Waals surface area contributed by atoms with Gasteiger partial charge in [-0.2, -0.15) is 8.78 Å². The molecule has 0 saturated carbocycles. The molecule has 0 aliphatic rings. The minimum Gasteiger partial charge on any atom is -0.287 e. The number of Topliss-reactive ketones (excluding diaryl/α,β-unsaturated/α-hetero) is 1. The van der Waals surface area contributed by atoms with E-state index in [0.717, 1.165) is 24.3 Å². The molecule has 0 unspecified atom stereocenters. The fourth-order valence-electron chi connectivity index (χ4n) is 1.59. The van der Waals surface area contributed by atoms with E-state index in [2.05, 4.69) is 0 Å². The second-order valence-corrected chi connectivity index (χ2v) is 3.78. The summed E-state index contributed by atoms with van der Waals surface area (Å²) >= 11 is 0. The summed E-state index contributed by atoms with van der Waals surface area (Å²) in [4.78, 5) is 11.7. The Morgan fingerprint density at radius 2 is 1.61 bits per heavy atom. The third kappa shape index (κ3) is 2.27. The Balaban J connectivity index is 2.39. The number of carbonyl (C=O) groups is 1. The second-order valence-electron chi connectivity index (χ2n) is 3.78. The molecule has 1 nitrogen and oxygen atoms in total. The molecule has 0 spiro atoms. The zero-order chi connectivity index (χ0) is 13.2. The van der Waals surface area contributed by atoms with Crippen LogP contribution in [0.15, 0.2) is 54.6 Å². The normalized spacial score (nSPS) is 11.3. The highest BCUT2D eigenvalue weighted by Crippen LogP contribution is 2.31. The maximum atomic E-state index is 13.9. The van der Waals surface area contributed by atoms with Crippen LogP contribution in [0.25, 0.3) is 0 Å². The van der Waals surface area contributed by atoms with E-state index in [-0.39, 0.29) is 5.56 Å². The highest BCUT2D eigenvalue weighted by molar-refractivity contribution is 6.01. The molecule has 0 aromatic heterocycles. The molecule has 2 aromatic rings. The molecule has 0 aliphatic heterocycles. The van der Waals surface area contributed by atoms with Gasteiger partial charge in [-0.05, 0) is 12.1 Å². The lowest BCUT2D eigenvalue weighted by Crippen LogP contribution is -2.26. The van der Waals surface area contributed by atoms with Crippen molar-refractivity contribution in [2.24, 2.45) is 0 Å². The molecule has 18 heavy (non-hydrogen) atoms. The van der Waals surface area contributed by atoms with Crippen molar-refractivity contribution >= 4 is 5.78 Å². The highest BCUT2D eigenvalue weighted by Gasteiger charge is 2.41. The summed E-state index contributed by atoms with van der Waals surface area (Å²) in [5.41, 5.74) is -0.747. The van der Waals surface area contributed by atoms with Crippen LogP contribution in [0.2, 0.25) is 0 Å². The lowest BCUT2D eigenvalue weighted by molar-refractivity contribution is 0.00740. The van der Waals surface area contributed by atoms with Crippen molar-refractivity contribution in [3.63, 3.8) is 0 Å². The first-order chi connectivity index (χ1) is 8.51.